The first-order chi connectivity index (χ1) is 3.79. The van der Waals surface area contributed by atoms with E-state index in [0.29, 0.717) is 0 Å². The monoisotopic (exact) mass is 122 g/mol. The maximum Gasteiger partial charge on any atom is 0.0385 e. The second kappa shape index (κ2) is 2.14. The van der Waals surface area contributed by atoms with Gasteiger partial charge in [-0.1, -0.05) is 35.0 Å². The Kier molecular flexibility index (Phi) is 1.49. The molecule has 0 saturated heterocycles. The Hall–Kier alpha value is -0.563. The van der Waals surface area contributed by atoms with Crippen molar-refractivity contribution in [2.75, 3.05) is 0 Å². The Morgan fingerprint density at radius 1 is 1.38 bits per heavy atom. The van der Waals surface area contributed by atoms with Crippen molar-refractivity contribution < 1.29 is 0 Å². The van der Waals surface area contributed by atoms with E-state index in [1.54, 1.807) is 0 Å². The predicted octanol–water partition coefficient (Wildman–Crippen LogP) is -0.0143. The van der Waals surface area contributed by atoms with E-state index in [0.717, 1.165) is 0 Å². The van der Waals surface area contributed by atoms with Gasteiger partial charge in [-0.25, -0.2) is 0 Å². The Balaban J connectivity index is 3.08. The van der Waals surface area contributed by atoms with Crippen LogP contribution in [0.15, 0.2) is 24.3 Å². The van der Waals surface area contributed by atoms with Gasteiger partial charge in [0.25, 0.3) is 0 Å². The molecule has 0 fully saturated rings. The van der Waals surface area contributed by atoms with Crippen LogP contribution in [-0.2, 0) is 0 Å². The molecule has 0 unspecified atom stereocenters. The normalized spacial score (nSPS) is 9.62. The van der Waals surface area contributed by atoms with E-state index in [1.165, 1.54) is 21.0 Å². The average molecular weight is 122 g/mol. The van der Waals surface area contributed by atoms with Gasteiger partial charge in [-0.05, 0) is 6.92 Å². The Morgan fingerprint density at radius 2 is 2.12 bits per heavy atom. The van der Waals surface area contributed by atoms with Gasteiger partial charge in [-0.2, -0.15) is 0 Å². The van der Waals surface area contributed by atoms with Crippen molar-refractivity contribution >= 4 is 15.4 Å². The van der Waals surface area contributed by atoms with E-state index >= 15 is 0 Å². The summed E-state index contributed by atoms with van der Waals surface area (Å²) in [5, 5.41) is 1.48. The van der Waals surface area contributed by atoms with Gasteiger partial charge in [-0.15, -0.1) is 0 Å². The lowest BCUT2D eigenvalue weighted by Crippen LogP contribution is -1.99. The minimum absolute atomic E-state index is 1.17. The van der Waals surface area contributed by atoms with Crippen molar-refractivity contribution in [3.63, 3.8) is 0 Å². The van der Waals surface area contributed by atoms with Gasteiger partial charge in [0.2, 0.25) is 0 Å². The van der Waals surface area contributed by atoms with Gasteiger partial charge in [-0.3, -0.25) is 0 Å². The number of hydrogen-bond donors (Lipinski definition) is 0. The van der Waals surface area contributed by atoms with E-state index in [1.807, 2.05) is 0 Å². The number of aryl methyl sites for hydroxylation is 1. The van der Waals surface area contributed by atoms with Crippen molar-refractivity contribution in [1.82, 2.24) is 0 Å². The summed E-state index contributed by atoms with van der Waals surface area (Å²) in [6.07, 6.45) is 0. The van der Waals surface area contributed by atoms with Crippen LogP contribution >= 0.6 is 0 Å². The molecule has 0 aliphatic heterocycles. The van der Waals surface area contributed by atoms with Gasteiger partial charge in [0, 0.05) is 10.2 Å². The zero-order chi connectivity index (χ0) is 5.98. The van der Waals surface area contributed by atoms with Crippen molar-refractivity contribution in [1.29, 1.82) is 0 Å². The Bertz CT molecular complexity index is 164. The summed E-state index contributed by atoms with van der Waals surface area (Å²) >= 11 is 0. The molecular formula is C7H10Si. The highest BCUT2D eigenvalue weighted by Crippen LogP contribution is 1.89. The zero-order valence-corrected chi connectivity index (χ0v) is 7.31. The summed E-state index contributed by atoms with van der Waals surface area (Å²) in [6, 6.07) is 8.63. The third kappa shape index (κ3) is 1.20. The lowest BCUT2D eigenvalue weighted by Gasteiger charge is -1.90. The van der Waals surface area contributed by atoms with Gasteiger partial charge in [0.1, 0.15) is 0 Å². The van der Waals surface area contributed by atoms with Gasteiger partial charge < -0.3 is 0 Å². The number of rotatable bonds is 0. The van der Waals surface area contributed by atoms with Crippen LogP contribution < -0.4 is 5.19 Å². The second-order valence-electron chi connectivity index (χ2n) is 2.16. The number of hydrogen-bond acceptors (Lipinski definition) is 0. The zero-order valence-electron chi connectivity index (χ0n) is 5.31. The molecule has 0 spiro atoms. The van der Waals surface area contributed by atoms with Crippen molar-refractivity contribution in [2.24, 2.45) is 0 Å². The summed E-state index contributed by atoms with van der Waals surface area (Å²) in [5.74, 6) is 0. The van der Waals surface area contributed by atoms with Gasteiger partial charge in [0.05, 0.1) is 0 Å². The number of benzene rings is 1. The van der Waals surface area contributed by atoms with E-state index in [2.05, 4.69) is 31.2 Å². The molecule has 0 bridgehead atoms. The minimum Gasteiger partial charge on any atom is -0.0705 e. The average Bonchev–Trinajstić information content (AvgIpc) is 1.64. The molecule has 0 aliphatic carbocycles. The molecule has 0 radical (unpaired) electrons. The highest BCUT2D eigenvalue weighted by Gasteiger charge is 1.80. The van der Waals surface area contributed by atoms with Crippen LogP contribution in [0.4, 0.5) is 0 Å². The molecule has 0 aliphatic rings. The molecule has 0 nitrogen and oxygen atoms in total. The molecule has 0 atom stereocenters. The quantitative estimate of drug-likeness (QED) is 0.424. The summed E-state index contributed by atoms with van der Waals surface area (Å²) in [4.78, 5) is 0. The lowest BCUT2D eigenvalue weighted by molar-refractivity contribution is 1.50. The third-order valence-corrected chi connectivity index (χ3v) is 1.80. The summed E-state index contributed by atoms with van der Waals surface area (Å²) in [5.41, 5.74) is 1.37. The summed E-state index contributed by atoms with van der Waals surface area (Å²) < 4.78 is 0. The maximum atomic E-state index is 2.23. The van der Waals surface area contributed by atoms with E-state index in [-0.39, 0.29) is 0 Å². The smallest absolute Gasteiger partial charge is 0.0385 e. The lowest BCUT2D eigenvalue weighted by atomic mass is 10.2. The predicted molar refractivity (Wildman–Crippen MR) is 40.8 cm³/mol. The van der Waals surface area contributed by atoms with Gasteiger partial charge in [0.15, 0.2) is 0 Å². The van der Waals surface area contributed by atoms with E-state index < -0.39 is 0 Å². The van der Waals surface area contributed by atoms with Crippen LogP contribution in [0.25, 0.3) is 0 Å². The molecule has 1 aromatic carbocycles. The fourth-order valence-corrected chi connectivity index (χ4v) is 1.45. The Labute approximate surface area is 53.0 Å². The first-order valence-corrected chi connectivity index (χ1v) is 3.82. The van der Waals surface area contributed by atoms with Crippen molar-refractivity contribution in [3.05, 3.63) is 29.8 Å². The topological polar surface area (TPSA) is 0 Å². The highest BCUT2D eigenvalue weighted by molar-refractivity contribution is 6.32. The molecule has 1 rings (SSSR count). The highest BCUT2D eigenvalue weighted by atomic mass is 28.1. The third-order valence-electron chi connectivity index (χ3n) is 1.17. The molecule has 1 aromatic rings. The first-order valence-electron chi connectivity index (χ1n) is 2.82. The molecule has 0 heterocycles. The molecule has 0 aromatic heterocycles. The van der Waals surface area contributed by atoms with Crippen molar-refractivity contribution in [3.8, 4) is 0 Å². The molecule has 0 amide bonds. The molecular weight excluding hydrogens is 112 g/mol. The van der Waals surface area contributed by atoms with Gasteiger partial charge >= 0.3 is 0 Å². The fourth-order valence-electron chi connectivity index (χ4n) is 0.807. The first kappa shape index (κ1) is 5.57. The standard InChI is InChI=1S/C7H10Si/c1-6-3-2-4-7(8)5-6/h2-5H,1,8H3. The van der Waals surface area contributed by atoms with Crippen LogP contribution in [0.2, 0.25) is 0 Å². The molecule has 0 N–H and O–H groups in total. The van der Waals surface area contributed by atoms with Crippen LogP contribution in [0.1, 0.15) is 5.56 Å². The maximum absolute atomic E-state index is 2.23. The Morgan fingerprint density at radius 3 is 2.50 bits per heavy atom. The van der Waals surface area contributed by atoms with Crippen LogP contribution in [0.5, 0.6) is 0 Å². The van der Waals surface area contributed by atoms with Crippen LogP contribution in [0, 0.1) is 6.92 Å². The summed E-state index contributed by atoms with van der Waals surface area (Å²) in [7, 11) is 1.17. The largest absolute Gasteiger partial charge is 0.0705 e. The fraction of sp³-hybridized carbons (Fsp3) is 0.143. The van der Waals surface area contributed by atoms with E-state index in [4.69, 9.17) is 0 Å². The SMILES string of the molecule is Cc1cccc([SiH3])c1. The molecule has 0 saturated carbocycles. The second-order valence-corrected chi connectivity index (χ2v) is 3.31. The molecule has 1 heteroatoms. The molecule has 8 heavy (non-hydrogen) atoms. The van der Waals surface area contributed by atoms with Crippen LogP contribution in [0.3, 0.4) is 0 Å². The van der Waals surface area contributed by atoms with E-state index in [9.17, 15) is 0 Å². The van der Waals surface area contributed by atoms with Crippen molar-refractivity contribution in [2.45, 2.75) is 6.92 Å². The summed E-state index contributed by atoms with van der Waals surface area (Å²) in [6.45, 7) is 2.13. The molecule has 42 valence electrons. The van der Waals surface area contributed by atoms with Crippen LogP contribution in [-0.4, -0.2) is 10.2 Å². The minimum atomic E-state index is 1.17.